The molecule has 50 heavy (non-hydrogen) atoms. The maximum Gasteiger partial charge on any atom is 0.343 e. The van der Waals surface area contributed by atoms with Crippen LogP contribution in [0.5, 0.6) is 11.5 Å². The molecule has 4 N–H and O–H groups in total. The van der Waals surface area contributed by atoms with Gasteiger partial charge in [0.15, 0.2) is 0 Å². The summed E-state index contributed by atoms with van der Waals surface area (Å²) >= 11 is 0. The molecule has 0 radical (unpaired) electrons. The molecule has 0 bridgehead atoms. The molecule has 0 aromatic heterocycles. The third-order valence-corrected chi connectivity index (χ3v) is 7.73. The topological polar surface area (TPSA) is 206 Å². The van der Waals surface area contributed by atoms with E-state index in [2.05, 4.69) is 6.92 Å². The fourth-order valence-electron chi connectivity index (χ4n) is 5.02. The van der Waals surface area contributed by atoms with Crippen molar-refractivity contribution in [2.75, 3.05) is 12.3 Å². The molecule has 0 heterocycles. The minimum Gasteiger partial charge on any atom is -0.491 e. The van der Waals surface area contributed by atoms with Gasteiger partial charge in [-0.1, -0.05) is 63.3 Å². The molecule has 4 aromatic carbocycles. The lowest BCUT2D eigenvalue weighted by Crippen LogP contribution is -2.13. The number of ether oxygens (including phenoxy) is 3. The number of nitrogens with two attached hydrogens (primary N) is 1. The minimum atomic E-state index is -1.42. The zero-order valence-corrected chi connectivity index (χ0v) is 27.3. The van der Waals surface area contributed by atoms with Gasteiger partial charge in [0.1, 0.15) is 18.1 Å². The third-order valence-electron chi connectivity index (χ3n) is 7.73. The molecule has 4 rings (SSSR count). The van der Waals surface area contributed by atoms with Crippen LogP contribution >= 0.6 is 0 Å². The highest BCUT2D eigenvalue weighted by Gasteiger charge is 2.22. The van der Waals surface area contributed by atoms with Gasteiger partial charge in [-0.15, -0.1) is 0 Å². The zero-order chi connectivity index (χ0) is 36.2. The van der Waals surface area contributed by atoms with Crippen molar-refractivity contribution in [3.63, 3.8) is 0 Å². The monoisotopic (exact) mass is 684 g/mol. The van der Waals surface area contributed by atoms with E-state index < -0.39 is 39.9 Å². The Labute approximate surface area is 287 Å². The number of carboxylic acids is 2. The first-order chi connectivity index (χ1) is 24.0. The number of hydrogen-bond donors (Lipinski definition) is 3. The van der Waals surface area contributed by atoms with Crippen LogP contribution in [0.2, 0.25) is 0 Å². The molecule has 0 fully saturated rings. The van der Waals surface area contributed by atoms with E-state index in [1.165, 1.54) is 61.4 Å². The maximum atomic E-state index is 12.8. The molecule has 260 valence electrons. The number of anilines is 1. The largest absolute Gasteiger partial charge is 0.491 e. The Balaban J connectivity index is 1.36. The van der Waals surface area contributed by atoms with Crippen molar-refractivity contribution in [1.29, 1.82) is 0 Å². The number of aromatic carboxylic acids is 2. The smallest absolute Gasteiger partial charge is 0.343 e. The molecular formula is C37H36N2O11. The van der Waals surface area contributed by atoms with E-state index in [1.807, 2.05) is 0 Å². The summed E-state index contributed by atoms with van der Waals surface area (Å²) in [5, 5.41) is 30.4. The Morgan fingerprint density at radius 1 is 0.760 bits per heavy atom. The zero-order valence-electron chi connectivity index (χ0n) is 27.3. The lowest BCUT2D eigenvalue weighted by Gasteiger charge is -2.12. The number of carboxylic acid groups (broad SMARTS) is 2. The van der Waals surface area contributed by atoms with Crippen LogP contribution in [0, 0.1) is 10.1 Å². The van der Waals surface area contributed by atoms with Crippen LogP contribution < -0.4 is 15.2 Å². The van der Waals surface area contributed by atoms with E-state index in [1.54, 1.807) is 12.1 Å². The van der Waals surface area contributed by atoms with Crippen molar-refractivity contribution in [3.8, 4) is 22.6 Å². The van der Waals surface area contributed by atoms with E-state index in [-0.39, 0.29) is 46.2 Å². The third kappa shape index (κ3) is 9.66. The van der Waals surface area contributed by atoms with Gasteiger partial charge in [-0.3, -0.25) is 10.1 Å². The van der Waals surface area contributed by atoms with Crippen LogP contribution in [-0.2, 0) is 11.3 Å². The van der Waals surface area contributed by atoms with E-state index in [0.717, 1.165) is 43.9 Å². The van der Waals surface area contributed by atoms with Crippen molar-refractivity contribution in [3.05, 3.63) is 117 Å². The van der Waals surface area contributed by atoms with Gasteiger partial charge in [0.05, 0.1) is 51.1 Å². The average Bonchev–Trinajstić information content (AvgIpc) is 3.10. The highest BCUT2D eigenvalue weighted by atomic mass is 16.6. The van der Waals surface area contributed by atoms with Crippen LogP contribution in [0.1, 0.15) is 92.4 Å². The van der Waals surface area contributed by atoms with Crippen molar-refractivity contribution in [2.45, 2.75) is 52.1 Å². The SMILES string of the molecule is CCCCCCCCOc1cc([N+](=O)[O-])c(-c2ccc(C(=O)Oc3ccc(COC(=O)c4cc(C(=O)O)ccc4C(=O)O)cc3)cc2)cc1N. The summed E-state index contributed by atoms with van der Waals surface area (Å²) in [5.41, 5.74) is 6.57. The fourth-order valence-corrected chi connectivity index (χ4v) is 5.02. The number of carbonyl (C=O) groups excluding carboxylic acids is 2. The number of esters is 2. The number of unbranched alkanes of at least 4 members (excludes halogenated alkanes) is 5. The van der Waals surface area contributed by atoms with Gasteiger partial charge < -0.3 is 30.2 Å². The van der Waals surface area contributed by atoms with Gasteiger partial charge in [0.2, 0.25) is 0 Å². The summed E-state index contributed by atoms with van der Waals surface area (Å²) in [5.74, 6) is -4.04. The summed E-state index contributed by atoms with van der Waals surface area (Å²) in [7, 11) is 0. The van der Waals surface area contributed by atoms with Crippen LogP contribution in [0.3, 0.4) is 0 Å². The molecule has 0 amide bonds. The number of hydrogen-bond acceptors (Lipinski definition) is 10. The Hall–Kier alpha value is -6.24. The van der Waals surface area contributed by atoms with Crippen LogP contribution in [0.15, 0.2) is 78.9 Å². The molecule has 0 aliphatic rings. The lowest BCUT2D eigenvalue weighted by molar-refractivity contribution is -0.384. The quantitative estimate of drug-likeness (QED) is 0.0246. The van der Waals surface area contributed by atoms with Crippen LogP contribution in [-0.4, -0.2) is 45.6 Å². The van der Waals surface area contributed by atoms with Crippen molar-refractivity contribution < 1.29 is 48.5 Å². The molecule has 13 heteroatoms. The Kier molecular flexibility index (Phi) is 12.6. The van der Waals surface area contributed by atoms with Crippen molar-refractivity contribution in [2.24, 2.45) is 0 Å². The predicted molar refractivity (Wildman–Crippen MR) is 183 cm³/mol. The fraction of sp³-hybridized carbons (Fsp3) is 0.243. The molecule has 0 spiro atoms. The molecule has 0 unspecified atom stereocenters. The highest BCUT2D eigenvalue weighted by molar-refractivity contribution is 6.04. The summed E-state index contributed by atoms with van der Waals surface area (Å²) in [6.45, 7) is 2.29. The van der Waals surface area contributed by atoms with Crippen molar-refractivity contribution in [1.82, 2.24) is 0 Å². The summed E-state index contributed by atoms with van der Waals surface area (Å²) in [6.07, 6.45) is 6.45. The Bertz CT molecular complexity index is 1870. The standard InChI is InChI=1S/C37H36N2O11/c1-2-3-4-5-6-7-18-48-33-21-32(39(46)47)29(20-31(33)38)24-10-12-25(13-11-24)36(44)50-27-15-8-23(9-16-27)22-49-37(45)30-19-26(34(40)41)14-17-28(30)35(42)43/h8-17,19-21H,2-7,18,22,38H2,1H3,(H,40,41)(H,42,43). The van der Waals surface area contributed by atoms with Gasteiger partial charge in [-0.05, 0) is 66.1 Å². The number of carbonyl (C=O) groups is 4. The number of rotatable bonds is 17. The lowest BCUT2D eigenvalue weighted by atomic mass is 10.0. The number of nitro groups is 1. The van der Waals surface area contributed by atoms with E-state index in [4.69, 9.17) is 19.9 Å². The highest BCUT2D eigenvalue weighted by Crippen LogP contribution is 2.37. The normalized spacial score (nSPS) is 10.7. The van der Waals surface area contributed by atoms with Crippen LogP contribution in [0.25, 0.3) is 11.1 Å². The Morgan fingerprint density at radius 2 is 1.42 bits per heavy atom. The van der Waals surface area contributed by atoms with E-state index in [9.17, 15) is 39.5 Å². The summed E-state index contributed by atoms with van der Waals surface area (Å²) in [6, 6.07) is 17.8. The van der Waals surface area contributed by atoms with E-state index >= 15 is 0 Å². The second-order valence-corrected chi connectivity index (χ2v) is 11.3. The number of nitro benzene ring substituents is 1. The van der Waals surface area contributed by atoms with Crippen LogP contribution in [0.4, 0.5) is 11.4 Å². The number of nitrogen functional groups attached to an aromatic ring is 1. The maximum absolute atomic E-state index is 12.8. The first-order valence-corrected chi connectivity index (χ1v) is 15.9. The number of benzene rings is 4. The van der Waals surface area contributed by atoms with Gasteiger partial charge in [0, 0.05) is 0 Å². The molecule has 0 atom stereocenters. The number of nitrogens with zero attached hydrogens (tertiary/aromatic N) is 1. The van der Waals surface area contributed by atoms with Gasteiger partial charge in [-0.25, -0.2) is 19.2 Å². The minimum absolute atomic E-state index is 0.177. The van der Waals surface area contributed by atoms with Crippen molar-refractivity contribution >= 4 is 35.3 Å². The second kappa shape index (κ2) is 17.2. The van der Waals surface area contributed by atoms with Gasteiger partial charge in [-0.2, -0.15) is 0 Å². The predicted octanol–water partition coefficient (Wildman–Crippen LogP) is 7.56. The molecule has 13 nitrogen and oxygen atoms in total. The average molecular weight is 685 g/mol. The molecular weight excluding hydrogens is 648 g/mol. The Morgan fingerprint density at radius 3 is 2.06 bits per heavy atom. The second-order valence-electron chi connectivity index (χ2n) is 11.3. The van der Waals surface area contributed by atoms with E-state index in [0.29, 0.717) is 17.7 Å². The first kappa shape index (κ1) is 36.6. The molecule has 0 aliphatic heterocycles. The van der Waals surface area contributed by atoms with Gasteiger partial charge >= 0.3 is 23.9 Å². The first-order valence-electron chi connectivity index (χ1n) is 15.9. The molecule has 0 aliphatic carbocycles. The molecule has 0 saturated heterocycles. The van der Waals surface area contributed by atoms with Gasteiger partial charge in [0.25, 0.3) is 5.69 Å². The molecule has 4 aromatic rings. The summed E-state index contributed by atoms with van der Waals surface area (Å²) in [4.78, 5) is 59.6. The molecule has 0 saturated carbocycles. The summed E-state index contributed by atoms with van der Waals surface area (Å²) < 4.78 is 16.4.